The highest BCUT2D eigenvalue weighted by Crippen LogP contribution is 2.37. The molecule has 1 N–H and O–H groups in total. The maximum Gasteiger partial charge on any atom is 0.309 e. The summed E-state index contributed by atoms with van der Waals surface area (Å²) in [6.07, 6.45) is 7.31. The second-order valence-electron chi connectivity index (χ2n) is 4.87. The van der Waals surface area contributed by atoms with Gasteiger partial charge in [0.25, 0.3) is 0 Å². The standard InChI is InChI=1S/C12H20O3/c13-12(14)11-8-15-7-6-10(11)9-4-2-1-3-5-9/h9-11H,1-8H2,(H,13,14). The highest BCUT2D eigenvalue weighted by atomic mass is 16.5. The minimum absolute atomic E-state index is 0.248. The van der Waals surface area contributed by atoms with Crippen LogP contribution in [0.5, 0.6) is 0 Å². The monoisotopic (exact) mass is 212 g/mol. The van der Waals surface area contributed by atoms with Crippen molar-refractivity contribution in [2.24, 2.45) is 17.8 Å². The summed E-state index contributed by atoms with van der Waals surface area (Å²) in [6.45, 7) is 1.18. The summed E-state index contributed by atoms with van der Waals surface area (Å²) >= 11 is 0. The van der Waals surface area contributed by atoms with Crippen LogP contribution >= 0.6 is 0 Å². The van der Waals surface area contributed by atoms with E-state index in [9.17, 15) is 4.79 Å². The molecule has 1 saturated heterocycles. The van der Waals surface area contributed by atoms with Crippen molar-refractivity contribution in [3.63, 3.8) is 0 Å². The van der Waals surface area contributed by atoms with Crippen molar-refractivity contribution in [2.45, 2.75) is 38.5 Å². The summed E-state index contributed by atoms with van der Waals surface area (Å²) in [5.74, 6) is 0.104. The maximum atomic E-state index is 11.1. The third-order valence-corrected chi connectivity index (χ3v) is 3.98. The minimum atomic E-state index is -0.662. The Morgan fingerprint density at radius 3 is 2.53 bits per heavy atom. The zero-order valence-electron chi connectivity index (χ0n) is 9.15. The predicted octanol–water partition coefficient (Wildman–Crippen LogP) is 2.30. The molecule has 2 aliphatic rings. The van der Waals surface area contributed by atoms with Gasteiger partial charge in [0.1, 0.15) is 0 Å². The average Bonchev–Trinajstić information content (AvgIpc) is 2.30. The first-order valence-electron chi connectivity index (χ1n) is 6.09. The third kappa shape index (κ3) is 2.51. The van der Waals surface area contributed by atoms with E-state index in [1.54, 1.807) is 0 Å². The van der Waals surface area contributed by atoms with Crippen molar-refractivity contribution in [3.8, 4) is 0 Å². The largest absolute Gasteiger partial charge is 0.481 e. The van der Waals surface area contributed by atoms with E-state index in [4.69, 9.17) is 9.84 Å². The number of hydrogen-bond acceptors (Lipinski definition) is 2. The average molecular weight is 212 g/mol. The summed E-state index contributed by atoms with van der Waals surface area (Å²) in [5.41, 5.74) is 0. The maximum absolute atomic E-state index is 11.1. The van der Waals surface area contributed by atoms with Gasteiger partial charge in [-0.3, -0.25) is 4.79 Å². The van der Waals surface area contributed by atoms with Crippen LogP contribution in [0.1, 0.15) is 38.5 Å². The molecule has 0 aromatic heterocycles. The molecule has 2 fully saturated rings. The first-order valence-corrected chi connectivity index (χ1v) is 6.09. The summed E-state index contributed by atoms with van der Waals surface area (Å²) < 4.78 is 5.28. The fourth-order valence-electron chi connectivity index (χ4n) is 3.14. The molecule has 2 unspecified atom stereocenters. The van der Waals surface area contributed by atoms with Crippen LogP contribution in [0.4, 0.5) is 0 Å². The lowest BCUT2D eigenvalue weighted by atomic mass is 9.72. The number of aliphatic carboxylic acids is 1. The lowest BCUT2D eigenvalue weighted by Gasteiger charge is -2.36. The fourth-order valence-corrected chi connectivity index (χ4v) is 3.14. The second kappa shape index (κ2) is 4.97. The SMILES string of the molecule is O=C(O)C1COCCC1C1CCCCC1. The molecule has 2 atom stereocenters. The Labute approximate surface area is 90.8 Å². The van der Waals surface area contributed by atoms with Crippen molar-refractivity contribution in [3.05, 3.63) is 0 Å². The zero-order valence-corrected chi connectivity index (χ0v) is 9.15. The summed E-state index contributed by atoms with van der Waals surface area (Å²) in [6, 6.07) is 0. The number of carbonyl (C=O) groups is 1. The van der Waals surface area contributed by atoms with E-state index in [-0.39, 0.29) is 5.92 Å². The molecule has 1 heterocycles. The first kappa shape index (κ1) is 10.9. The van der Waals surface area contributed by atoms with E-state index in [1.165, 1.54) is 32.1 Å². The highest BCUT2D eigenvalue weighted by Gasteiger charge is 2.36. The Kier molecular flexibility index (Phi) is 3.62. The van der Waals surface area contributed by atoms with E-state index in [0.717, 1.165) is 13.0 Å². The zero-order chi connectivity index (χ0) is 10.7. The lowest BCUT2D eigenvalue weighted by Crippen LogP contribution is -2.38. The van der Waals surface area contributed by atoms with Crippen LogP contribution in [0.25, 0.3) is 0 Å². The molecule has 1 aliphatic carbocycles. The van der Waals surface area contributed by atoms with E-state index in [1.807, 2.05) is 0 Å². The van der Waals surface area contributed by atoms with Crippen LogP contribution in [0, 0.1) is 17.8 Å². The summed E-state index contributed by atoms with van der Waals surface area (Å²) in [7, 11) is 0. The Balaban J connectivity index is 1.99. The molecule has 3 nitrogen and oxygen atoms in total. The number of ether oxygens (including phenoxy) is 1. The molecule has 1 aliphatic heterocycles. The van der Waals surface area contributed by atoms with Crippen LogP contribution in [-0.4, -0.2) is 24.3 Å². The number of rotatable bonds is 2. The Bertz CT molecular complexity index is 221. The Hall–Kier alpha value is -0.570. The van der Waals surface area contributed by atoms with Gasteiger partial charge < -0.3 is 9.84 Å². The van der Waals surface area contributed by atoms with Crippen molar-refractivity contribution >= 4 is 5.97 Å². The van der Waals surface area contributed by atoms with Crippen molar-refractivity contribution in [1.82, 2.24) is 0 Å². The number of carboxylic acids is 1. The van der Waals surface area contributed by atoms with Crippen molar-refractivity contribution < 1.29 is 14.6 Å². The summed E-state index contributed by atoms with van der Waals surface area (Å²) in [4.78, 5) is 11.1. The molecule has 0 spiro atoms. The van der Waals surface area contributed by atoms with Gasteiger partial charge in [0.05, 0.1) is 12.5 Å². The van der Waals surface area contributed by atoms with Gasteiger partial charge in [-0.2, -0.15) is 0 Å². The third-order valence-electron chi connectivity index (χ3n) is 3.98. The second-order valence-corrected chi connectivity index (χ2v) is 4.87. The molecule has 0 aromatic rings. The Morgan fingerprint density at radius 1 is 1.13 bits per heavy atom. The quantitative estimate of drug-likeness (QED) is 0.764. The molecule has 0 radical (unpaired) electrons. The molecule has 15 heavy (non-hydrogen) atoms. The topological polar surface area (TPSA) is 46.5 Å². The molecule has 2 rings (SSSR count). The van der Waals surface area contributed by atoms with E-state index >= 15 is 0 Å². The van der Waals surface area contributed by atoms with Gasteiger partial charge in [-0.05, 0) is 18.3 Å². The van der Waals surface area contributed by atoms with Crippen LogP contribution in [0.3, 0.4) is 0 Å². The fraction of sp³-hybridized carbons (Fsp3) is 0.917. The minimum Gasteiger partial charge on any atom is -0.481 e. The van der Waals surface area contributed by atoms with Gasteiger partial charge >= 0.3 is 5.97 Å². The van der Waals surface area contributed by atoms with E-state index < -0.39 is 5.97 Å². The molecular formula is C12H20O3. The van der Waals surface area contributed by atoms with Gasteiger partial charge in [0.2, 0.25) is 0 Å². The van der Waals surface area contributed by atoms with Gasteiger partial charge in [-0.15, -0.1) is 0 Å². The van der Waals surface area contributed by atoms with E-state index in [2.05, 4.69) is 0 Å². The molecule has 0 bridgehead atoms. The van der Waals surface area contributed by atoms with Crippen LogP contribution in [0.15, 0.2) is 0 Å². The molecule has 3 heteroatoms. The molecule has 0 aromatic carbocycles. The van der Waals surface area contributed by atoms with Crippen molar-refractivity contribution in [2.75, 3.05) is 13.2 Å². The first-order chi connectivity index (χ1) is 7.29. The normalized spacial score (nSPS) is 33.9. The number of carboxylic acid groups (broad SMARTS) is 1. The van der Waals surface area contributed by atoms with Crippen LogP contribution in [0.2, 0.25) is 0 Å². The van der Waals surface area contributed by atoms with Gasteiger partial charge in [0, 0.05) is 6.61 Å². The molecule has 0 amide bonds. The van der Waals surface area contributed by atoms with E-state index in [0.29, 0.717) is 18.4 Å². The van der Waals surface area contributed by atoms with Gasteiger partial charge in [0.15, 0.2) is 0 Å². The smallest absolute Gasteiger partial charge is 0.309 e. The summed E-state index contributed by atoms with van der Waals surface area (Å²) in [5, 5.41) is 9.16. The highest BCUT2D eigenvalue weighted by molar-refractivity contribution is 5.70. The van der Waals surface area contributed by atoms with Crippen LogP contribution in [-0.2, 0) is 9.53 Å². The lowest BCUT2D eigenvalue weighted by molar-refractivity contribution is -0.151. The molecular weight excluding hydrogens is 192 g/mol. The Morgan fingerprint density at radius 2 is 1.87 bits per heavy atom. The van der Waals surface area contributed by atoms with Crippen LogP contribution < -0.4 is 0 Å². The predicted molar refractivity (Wildman–Crippen MR) is 56.6 cm³/mol. The number of hydrogen-bond donors (Lipinski definition) is 1. The van der Waals surface area contributed by atoms with Gasteiger partial charge in [-0.25, -0.2) is 0 Å². The van der Waals surface area contributed by atoms with Crippen molar-refractivity contribution in [1.29, 1.82) is 0 Å². The molecule has 86 valence electrons. The molecule has 1 saturated carbocycles. The van der Waals surface area contributed by atoms with Gasteiger partial charge in [-0.1, -0.05) is 32.1 Å².